The lowest BCUT2D eigenvalue weighted by molar-refractivity contribution is -0.192. The van der Waals surface area contributed by atoms with Gasteiger partial charge in [0.15, 0.2) is 0 Å². The number of carboxylic acid groups (broad SMARTS) is 1. The number of benzene rings is 1. The second-order valence-corrected chi connectivity index (χ2v) is 8.47. The van der Waals surface area contributed by atoms with Crippen LogP contribution < -0.4 is 4.74 Å². The van der Waals surface area contributed by atoms with Crippen molar-refractivity contribution in [1.29, 1.82) is 0 Å². The summed E-state index contributed by atoms with van der Waals surface area (Å²) in [5, 5.41) is 17.4. The molecule has 31 heavy (non-hydrogen) atoms. The van der Waals surface area contributed by atoms with Crippen LogP contribution >= 0.6 is 0 Å². The number of aliphatic hydroxyl groups excluding tert-OH is 1. The van der Waals surface area contributed by atoms with Crippen LogP contribution in [0.5, 0.6) is 5.75 Å². The van der Waals surface area contributed by atoms with Crippen LogP contribution in [0.25, 0.3) is 0 Å². The molecule has 170 valence electrons. The van der Waals surface area contributed by atoms with Crippen LogP contribution in [-0.4, -0.2) is 65.9 Å². The van der Waals surface area contributed by atoms with Crippen molar-refractivity contribution in [3.05, 3.63) is 54.4 Å². The molecule has 1 aliphatic rings. The SMILES string of the molecule is COc1ccc(S(=O)(=O)N2CC[C@@H](O)[C@@H]2Cc2cccnc2)cc1.O=C(O)C(F)(F)F. The Kier molecular flexibility index (Phi) is 7.98. The number of halogens is 3. The summed E-state index contributed by atoms with van der Waals surface area (Å²) in [5.74, 6) is -2.16. The van der Waals surface area contributed by atoms with E-state index in [4.69, 9.17) is 14.6 Å². The molecule has 2 N–H and O–H groups in total. The Morgan fingerprint density at radius 1 is 1.26 bits per heavy atom. The number of aliphatic hydroxyl groups is 1. The molecular weight excluding hydrogens is 441 g/mol. The van der Waals surface area contributed by atoms with Gasteiger partial charge in [-0.05, 0) is 48.7 Å². The van der Waals surface area contributed by atoms with Gasteiger partial charge >= 0.3 is 12.1 Å². The molecule has 1 aliphatic heterocycles. The minimum Gasteiger partial charge on any atom is -0.497 e. The van der Waals surface area contributed by atoms with Crippen molar-refractivity contribution in [2.45, 2.75) is 36.1 Å². The number of aliphatic carboxylic acids is 1. The van der Waals surface area contributed by atoms with Gasteiger partial charge in [0.25, 0.3) is 0 Å². The number of ether oxygens (including phenoxy) is 1. The number of hydrogen-bond donors (Lipinski definition) is 2. The lowest BCUT2D eigenvalue weighted by atomic mass is 10.0. The van der Waals surface area contributed by atoms with Gasteiger partial charge in [0.1, 0.15) is 5.75 Å². The van der Waals surface area contributed by atoms with E-state index in [-0.39, 0.29) is 4.90 Å². The molecule has 2 heterocycles. The molecule has 0 spiro atoms. The molecule has 1 aromatic heterocycles. The average molecular weight is 462 g/mol. The van der Waals surface area contributed by atoms with Crippen LogP contribution in [-0.2, 0) is 21.2 Å². The third-order valence-corrected chi connectivity index (χ3v) is 6.47. The third kappa shape index (κ3) is 6.39. The fourth-order valence-corrected chi connectivity index (χ4v) is 4.66. The average Bonchev–Trinajstić information content (AvgIpc) is 3.09. The van der Waals surface area contributed by atoms with Crippen LogP contribution in [0.2, 0.25) is 0 Å². The molecular formula is C19H21F3N2O6S. The van der Waals surface area contributed by atoms with Crippen LogP contribution in [0, 0.1) is 0 Å². The van der Waals surface area contributed by atoms with E-state index >= 15 is 0 Å². The highest BCUT2D eigenvalue weighted by molar-refractivity contribution is 7.89. The second-order valence-electron chi connectivity index (χ2n) is 6.58. The standard InChI is InChI=1S/C17H20N2O4S.C2HF3O2/c1-23-14-4-6-15(7-5-14)24(21,22)19-10-8-17(20)16(19)11-13-3-2-9-18-12-13;3-2(4,5)1(6)7/h2-7,9,12,16-17,20H,8,10-11H2,1H3;(H,6,7)/t16-,17+;/m0./s1. The van der Waals surface area contributed by atoms with Gasteiger partial charge in [0.05, 0.1) is 24.2 Å². The Hall–Kier alpha value is -2.70. The van der Waals surface area contributed by atoms with E-state index in [9.17, 15) is 26.7 Å². The van der Waals surface area contributed by atoms with Crippen molar-refractivity contribution in [1.82, 2.24) is 9.29 Å². The van der Waals surface area contributed by atoms with Crippen LogP contribution in [0.3, 0.4) is 0 Å². The molecule has 1 fully saturated rings. The summed E-state index contributed by atoms with van der Waals surface area (Å²) < 4.78 is 64.1. The highest BCUT2D eigenvalue weighted by atomic mass is 32.2. The molecule has 3 rings (SSSR count). The molecule has 12 heteroatoms. The molecule has 0 saturated carbocycles. The van der Waals surface area contributed by atoms with E-state index < -0.39 is 34.3 Å². The normalized spacial score (nSPS) is 19.4. The smallest absolute Gasteiger partial charge is 0.490 e. The summed E-state index contributed by atoms with van der Waals surface area (Å²) in [6.07, 6.45) is -1.54. The number of carbonyl (C=O) groups is 1. The van der Waals surface area contributed by atoms with Crippen LogP contribution in [0.1, 0.15) is 12.0 Å². The monoisotopic (exact) mass is 462 g/mol. The first-order chi connectivity index (χ1) is 14.5. The number of sulfonamides is 1. The molecule has 2 atom stereocenters. The minimum atomic E-state index is -5.08. The summed E-state index contributed by atoms with van der Waals surface area (Å²) in [4.78, 5) is 13.2. The predicted molar refractivity (Wildman–Crippen MR) is 103 cm³/mol. The summed E-state index contributed by atoms with van der Waals surface area (Å²) >= 11 is 0. The molecule has 2 aromatic rings. The number of pyridine rings is 1. The Morgan fingerprint density at radius 2 is 1.87 bits per heavy atom. The Morgan fingerprint density at radius 3 is 2.35 bits per heavy atom. The first kappa shape index (κ1) is 24.6. The number of nitrogens with zero attached hydrogens (tertiary/aromatic N) is 2. The van der Waals surface area contributed by atoms with Crippen LogP contribution in [0.15, 0.2) is 53.7 Å². The molecule has 1 aromatic carbocycles. The highest BCUT2D eigenvalue weighted by Crippen LogP contribution is 2.29. The molecule has 8 nitrogen and oxygen atoms in total. The molecule has 0 unspecified atom stereocenters. The van der Waals surface area contributed by atoms with Crippen molar-refractivity contribution in [2.24, 2.45) is 0 Å². The zero-order chi connectivity index (χ0) is 23.2. The zero-order valence-electron chi connectivity index (χ0n) is 16.4. The van der Waals surface area contributed by atoms with Crippen molar-refractivity contribution in [3.63, 3.8) is 0 Å². The van der Waals surface area contributed by atoms with Crippen molar-refractivity contribution in [3.8, 4) is 5.75 Å². The Bertz CT molecular complexity index is 968. The van der Waals surface area contributed by atoms with Gasteiger partial charge in [-0.1, -0.05) is 6.07 Å². The maximum Gasteiger partial charge on any atom is 0.490 e. The molecule has 1 saturated heterocycles. The van der Waals surface area contributed by atoms with Gasteiger partial charge in [-0.15, -0.1) is 0 Å². The van der Waals surface area contributed by atoms with Crippen molar-refractivity contribution < 1.29 is 41.3 Å². The summed E-state index contributed by atoms with van der Waals surface area (Å²) in [6.45, 7) is 0.306. The largest absolute Gasteiger partial charge is 0.497 e. The van der Waals surface area contributed by atoms with Gasteiger partial charge in [0, 0.05) is 18.9 Å². The number of rotatable bonds is 5. The Labute approximate surface area is 177 Å². The number of carboxylic acids is 1. The maximum atomic E-state index is 12.9. The van der Waals surface area contributed by atoms with E-state index in [0.717, 1.165) is 5.56 Å². The van der Waals surface area contributed by atoms with Crippen molar-refractivity contribution in [2.75, 3.05) is 13.7 Å². The van der Waals surface area contributed by atoms with Crippen molar-refractivity contribution >= 4 is 16.0 Å². The lowest BCUT2D eigenvalue weighted by Crippen LogP contribution is -2.41. The van der Waals surface area contributed by atoms with E-state index in [0.29, 0.717) is 25.1 Å². The number of aromatic nitrogens is 1. The topological polar surface area (TPSA) is 117 Å². The minimum absolute atomic E-state index is 0.202. The van der Waals surface area contributed by atoms with E-state index in [1.54, 1.807) is 30.6 Å². The Balaban J connectivity index is 0.000000423. The van der Waals surface area contributed by atoms with E-state index in [2.05, 4.69) is 4.98 Å². The van der Waals surface area contributed by atoms with Crippen LogP contribution in [0.4, 0.5) is 13.2 Å². The van der Waals surface area contributed by atoms with Gasteiger partial charge in [-0.2, -0.15) is 17.5 Å². The second kappa shape index (κ2) is 10.1. The molecule has 0 bridgehead atoms. The maximum absolute atomic E-state index is 12.9. The first-order valence-corrected chi connectivity index (χ1v) is 10.4. The fourth-order valence-electron chi connectivity index (χ4n) is 2.99. The quantitative estimate of drug-likeness (QED) is 0.699. The number of alkyl halides is 3. The number of methoxy groups -OCH3 is 1. The van der Waals surface area contributed by atoms with Gasteiger partial charge in [0.2, 0.25) is 10.0 Å². The zero-order valence-corrected chi connectivity index (χ0v) is 17.2. The summed E-state index contributed by atoms with van der Waals surface area (Å²) in [6, 6.07) is 9.50. The molecule has 0 radical (unpaired) electrons. The number of hydrogen-bond acceptors (Lipinski definition) is 6. The van der Waals surface area contributed by atoms with E-state index in [1.807, 2.05) is 6.07 Å². The summed E-state index contributed by atoms with van der Waals surface area (Å²) in [7, 11) is -2.14. The lowest BCUT2D eigenvalue weighted by Gasteiger charge is -2.25. The highest BCUT2D eigenvalue weighted by Gasteiger charge is 2.41. The van der Waals surface area contributed by atoms with Gasteiger partial charge < -0.3 is 14.9 Å². The fraction of sp³-hybridized carbons (Fsp3) is 0.368. The summed E-state index contributed by atoms with van der Waals surface area (Å²) in [5.41, 5.74) is 0.901. The predicted octanol–water partition coefficient (Wildman–Crippen LogP) is 2.09. The van der Waals surface area contributed by atoms with Gasteiger partial charge in [-0.25, -0.2) is 13.2 Å². The first-order valence-electron chi connectivity index (χ1n) is 8.99. The van der Waals surface area contributed by atoms with E-state index in [1.165, 1.54) is 23.5 Å². The third-order valence-electron chi connectivity index (χ3n) is 4.54. The molecule has 0 amide bonds. The van der Waals surface area contributed by atoms with Gasteiger partial charge in [-0.3, -0.25) is 4.98 Å². The molecule has 0 aliphatic carbocycles.